The molecular weight excluding hydrogens is 182 g/mol. The zero-order valence-corrected chi connectivity index (χ0v) is 7.82. The first-order valence-corrected chi connectivity index (χ1v) is 4.50. The number of carboxylic acids is 1. The Bertz CT molecular complexity index is 374. The topological polar surface area (TPSA) is 75.1 Å². The first-order chi connectivity index (χ1) is 6.72. The maximum Gasteiger partial charge on any atom is 0.339 e. The van der Waals surface area contributed by atoms with Gasteiger partial charge in [0, 0.05) is 19.2 Å². The van der Waals surface area contributed by atoms with Gasteiger partial charge >= 0.3 is 5.97 Å². The van der Waals surface area contributed by atoms with E-state index in [0.717, 1.165) is 12.8 Å². The highest BCUT2D eigenvalue weighted by Crippen LogP contribution is 2.40. The maximum absolute atomic E-state index is 10.9. The Hall–Kier alpha value is -1.65. The zero-order valence-electron chi connectivity index (χ0n) is 7.82. The van der Waals surface area contributed by atoms with Crippen molar-refractivity contribution in [2.75, 3.05) is 12.4 Å². The van der Waals surface area contributed by atoms with E-state index in [4.69, 9.17) is 5.11 Å². The number of hydrogen-bond donors (Lipinski definition) is 2. The van der Waals surface area contributed by atoms with Gasteiger partial charge < -0.3 is 10.4 Å². The monoisotopic (exact) mass is 193 g/mol. The number of nitrogens with one attached hydrogen (secondary N) is 1. The highest BCUT2D eigenvalue weighted by atomic mass is 16.4. The number of carbonyl (C=O) groups is 1. The van der Waals surface area contributed by atoms with Crippen LogP contribution in [0.1, 0.15) is 34.8 Å². The second-order valence-electron chi connectivity index (χ2n) is 3.32. The number of rotatable bonds is 3. The Labute approximate surface area is 81.2 Å². The molecule has 0 amide bonds. The van der Waals surface area contributed by atoms with Crippen LogP contribution in [-0.4, -0.2) is 28.1 Å². The molecule has 1 fully saturated rings. The highest BCUT2D eigenvalue weighted by Gasteiger charge is 2.30. The van der Waals surface area contributed by atoms with Gasteiger partial charge in [-0.15, -0.1) is 0 Å². The lowest BCUT2D eigenvalue weighted by molar-refractivity contribution is 0.0694. The van der Waals surface area contributed by atoms with Crippen molar-refractivity contribution < 1.29 is 9.90 Å². The minimum atomic E-state index is -0.949. The summed E-state index contributed by atoms with van der Waals surface area (Å²) in [4.78, 5) is 18.9. The van der Waals surface area contributed by atoms with Crippen molar-refractivity contribution in [3.8, 4) is 0 Å². The molecule has 1 aliphatic rings. The summed E-state index contributed by atoms with van der Waals surface area (Å²) in [5.41, 5.74) is 0.892. The average molecular weight is 193 g/mol. The highest BCUT2D eigenvalue weighted by molar-refractivity contribution is 5.89. The molecule has 0 atom stereocenters. The molecule has 0 unspecified atom stereocenters. The fraction of sp³-hybridized carbons (Fsp3) is 0.444. The van der Waals surface area contributed by atoms with Crippen LogP contribution in [0.15, 0.2) is 6.20 Å². The third kappa shape index (κ3) is 1.53. The molecule has 0 spiro atoms. The quantitative estimate of drug-likeness (QED) is 0.751. The summed E-state index contributed by atoms with van der Waals surface area (Å²) in [5, 5.41) is 11.7. The summed E-state index contributed by atoms with van der Waals surface area (Å²) in [6, 6.07) is 0. The van der Waals surface area contributed by atoms with Crippen molar-refractivity contribution in [1.29, 1.82) is 0 Å². The molecule has 0 radical (unpaired) electrons. The van der Waals surface area contributed by atoms with Crippen LogP contribution in [0.5, 0.6) is 0 Å². The van der Waals surface area contributed by atoms with E-state index in [1.54, 1.807) is 7.05 Å². The van der Waals surface area contributed by atoms with Crippen molar-refractivity contribution in [3.05, 3.63) is 17.5 Å². The Morgan fingerprint density at radius 2 is 2.36 bits per heavy atom. The summed E-state index contributed by atoms with van der Waals surface area (Å²) in [6.45, 7) is 0. The van der Waals surface area contributed by atoms with Crippen molar-refractivity contribution in [3.63, 3.8) is 0 Å². The molecule has 2 rings (SSSR count). The van der Waals surface area contributed by atoms with Crippen molar-refractivity contribution in [1.82, 2.24) is 9.97 Å². The molecule has 0 aromatic carbocycles. The van der Waals surface area contributed by atoms with Gasteiger partial charge in [0.1, 0.15) is 0 Å². The SMILES string of the molecule is CNc1ncc(C(=O)O)c(C2CC2)n1. The first kappa shape index (κ1) is 8.93. The summed E-state index contributed by atoms with van der Waals surface area (Å²) in [5.74, 6) is -0.150. The van der Waals surface area contributed by atoms with Gasteiger partial charge in [0.2, 0.25) is 5.95 Å². The third-order valence-electron chi connectivity index (χ3n) is 2.24. The van der Waals surface area contributed by atoms with E-state index in [-0.39, 0.29) is 5.56 Å². The molecule has 1 aromatic heterocycles. The number of anilines is 1. The molecule has 0 bridgehead atoms. The molecule has 2 N–H and O–H groups in total. The fourth-order valence-electron chi connectivity index (χ4n) is 1.35. The van der Waals surface area contributed by atoms with Crippen LogP contribution in [0.3, 0.4) is 0 Å². The molecule has 1 saturated carbocycles. The normalized spacial score (nSPS) is 15.2. The Morgan fingerprint density at radius 1 is 1.64 bits per heavy atom. The molecule has 5 nitrogen and oxygen atoms in total. The van der Waals surface area contributed by atoms with Crippen molar-refractivity contribution in [2.24, 2.45) is 0 Å². The third-order valence-corrected chi connectivity index (χ3v) is 2.24. The van der Waals surface area contributed by atoms with Gasteiger partial charge in [0.25, 0.3) is 0 Å². The smallest absolute Gasteiger partial charge is 0.339 e. The second-order valence-corrected chi connectivity index (χ2v) is 3.32. The van der Waals surface area contributed by atoms with Gasteiger partial charge in [-0.3, -0.25) is 0 Å². The van der Waals surface area contributed by atoms with E-state index in [2.05, 4.69) is 15.3 Å². The van der Waals surface area contributed by atoms with Gasteiger partial charge in [-0.2, -0.15) is 0 Å². The Balaban J connectivity index is 2.43. The lowest BCUT2D eigenvalue weighted by Crippen LogP contribution is -2.07. The molecule has 1 heterocycles. The summed E-state index contributed by atoms with van der Waals surface area (Å²) >= 11 is 0. The summed E-state index contributed by atoms with van der Waals surface area (Å²) in [7, 11) is 1.71. The van der Waals surface area contributed by atoms with E-state index < -0.39 is 5.97 Å². The number of carboxylic acid groups (broad SMARTS) is 1. The van der Waals surface area contributed by atoms with Gasteiger partial charge in [-0.1, -0.05) is 0 Å². The lowest BCUT2D eigenvalue weighted by Gasteiger charge is -2.05. The number of hydrogen-bond acceptors (Lipinski definition) is 4. The number of aromatic nitrogens is 2. The predicted octanol–water partition coefficient (Wildman–Crippen LogP) is 1.09. The maximum atomic E-state index is 10.9. The molecule has 1 aromatic rings. The Kier molecular flexibility index (Phi) is 2.07. The van der Waals surface area contributed by atoms with Crippen molar-refractivity contribution >= 4 is 11.9 Å². The van der Waals surface area contributed by atoms with Crippen LogP contribution in [0, 0.1) is 0 Å². The van der Waals surface area contributed by atoms with Crippen LogP contribution < -0.4 is 5.32 Å². The lowest BCUT2D eigenvalue weighted by atomic mass is 10.1. The van der Waals surface area contributed by atoms with Gasteiger partial charge in [-0.25, -0.2) is 14.8 Å². The second kappa shape index (κ2) is 3.25. The van der Waals surface area contributed by atoms with Gasteiger partial charge in [0.15, 0.2) is 0 Å². The van der Waals surface area contributed by atoms with Crippen LogP contribution >= 0.6 is 0 Å². The van der Waals surface area contributed by atoms with E-state index in [1.807, 2.05) is 0 Å². The van der Waals surface area contributed by atoms with E-state index >= 15 is 0 Å². The van der Waals surface area contributed by atoms with Crippen LogP contribution in [0.25, 0.3) is 0 Å². The largest absolute Gasteiger partial charge is 0.478 e. The standard InChI is InChI=1S/C9H11N3O2/c1-10-9-11-4-6(8(13)14)7(12-9)5-2-3-5/h4-5H,2-3H2,1H3,(H,13,14)(H,10,11,12). The van der Waals surface area contributed by atoms with Gasteiger partial charge in [0.05, 0.1) is 11.3 Å². The molecule has 14 heavy (non-hydrogen) atoms. The van der Waals surface area contributed by atoms with E-state index in [1.165, 1.54) is 6.20 Å². The molecule has 5 heteroatoms. The molecule has 0 aliphatic heterocycles. The summed E-state index contributed by atoms with van der Waals surface area (Å²) < 4.78 is 0. The van der Waals surface area contributed by atoms with E-state index in [0.29, 0.717) is 17.6 Å². The average Bonchev–Trinajstić information content (AvgIpc) is 3.00. The van der Waals surface area contributed by atoms with E-state index in [9.17, 15) is 4.79 Å². The molecule has 74 valence electrons. The van der Waals surface area contributed by atoms with Crippen molar-refractivity contribution in [2.45, 2.75) is 18.8 Å². The summed E-state index contributed by atoms with van der Waals surface area (Å²) in [6.07, 6.45) is 3.43. The first-order valence-electron chi connectivity index (χ1n) is 4.50. The number of nitrogens with zero attached hydrogens (tertiary/aromatic N) is 2. The molecule has 1 aliphatic carbocycles. The number of aromatic carboxylic acids is 1. The van der Waals surface area contributed by atoms with Gasteiger partial charge in [-0.05, 0) is 12.8 Å². The van der Waals surface area contributed by atoms with Crippen LogP contribution in [0.4, 0.5) is 5.95 Å². The molecule has 0 saturated heterocycles. The minimum Gasteiger partial charge on any atom is -0.478 e. The predicted molar refractivity (Wildman–Crippen MR) is 50.5 cm³/mol. The minimum absolute atomic E-state index is 0.228. The fourth-order valence-corrected chi connectivity index (χ4v) is 1.35. The Morgan fingerprint density at radius 3 is 2.86 bits per heavy atom. The zero-order chi connectivity index (χ0) is 10.1. The molecular formula is C9H11N3O2. The van der Waals surface area contributed by atoms with Crippen LogP contribution in [0.2, 0.25) is 0 Å². The van der Waals surface area contributed by atoms with Crippen LogP contribution in [-0.2, 0) is 0 Å².